The van der Waals surface area contributed by atoms with Crippen molar-refractivity contribution in [3.8, 4) is 0 Å². The predicted molar refractivity (Wildman–Crippen MR) is 55.2 cm³/mol. The third-order valence-corrected chi connectivity index (χ3v) is 2.36. The van der Waals surface area contributed by atoms with E-state index in [0.717, 1.165) is 12.1 Å². The lowest BCUT2D eigenvalue weighted by atomic mass is 9.98. The highest BCUT2D eigenvalue weighted by Gasteiger charge is 2.30. The number of nitrogens with one attached hydrogen (secondary N) is 1. The van der Waals surface area contributed by atoms with Crippen molar-refractivity contribution in [2.75, 3.05) is 20.2 Å². The van der Waals surface area contributed by atoms with Crippen LogP contribution in [0.15, 0.2) is 24.3 Å². The van der Waals surface area contributed by atoms with Crippen LogP contribution in [-0.2, 0) is 6.18 Å². The van der Waals surface area contributed by atoms with Crippen LogP contribution in [0.1, 0.15) is 17.0 Å². The average Bonchev–Trinajstić information content (AvgIpc) is 2.25. The molecule has 1 rings (SSSR count). The van der Waals surface area contributed by atoms with Gasteiger partial charge in [0.05, 0.1) is 12.2 Å². The number of aliphatic hydroxyl groups is 1. The van der Waals surface area contributed by atoms with E-state index < -0.39 is 11.7 Å². The van der Waals surface area contributed by atoms with Gasteiger partial charge in [0.15, 0.2) is 0 Å². The summed E-state index contributed by atoms with van der Waals surface area (Å²) in [5.41, 5.74) is -0.189. The molecule has 0 heterocycles. The second kappa shape index (κ2) is 5.32. The summed E-state index contributed by atoms with van der Waals surface area (Å²) in [6.45, 7) is 0.264. The summed E-state index contributed by atoms with van der Waals surface area (Å²) in [6, 6.07) is 5.06. The predicted octanol–water partition coefficient (Wildman–Crippen LogP) is 2.00. The van der Waals surface area contributed by atoms with Crippen LogP contribution < -0.4 is 5.32 Å². The van der Waals surface area contributed by atoms with Crippen molar-refractivity contribution in [2.24, 2.45) is 0 Å². The Morgan fingerprint density at radius 1 is 1.38 bits per heavy atom. The largest absolute Gasteiger partial charge is 0.416 e. The standard InChI is InChI=1S/C11H14F3NO/c1-15-6-9(7-16)8-3-2-4-10(5-8)11(12,13)14/h2-5,9,15-16H,6-7H2,1H3. The molecule has 16 heavy (non-hydrogen) atoms. The number of halogens is 3. The molecule has 1 aromatic carbocycles. The molecule has 0 saturated carbocycles. The van der Waals surface area contributed by atoms with Crippen LogP contribution in [0.3, 0.4) is 0 Å². The average molecular weight is 233 g/mol. The zero-order valence-corrected chi connectivity index (χ0v) is 8.88. The van der Waals surface area contributed by atoms with Crippen LogP contribution >= 0.6 is 0 Å². The van der Waals surface area contributed by atoms with Crippen molar-refractivity contribution < 1.29 is 18.3 Å². The molecule has 2 N–H and O–H groups in total. The van der Waals surface area contributed by atoms with E-state index in [1.54, 1.807) is 13.1 Å². The van der Waals surface area contributed by atoms with Crippen molar-refractivity contribution in [1.29, 1.82) is 0 Å². The molecular formula is C11H14F3NO. The van der Waals surface area contributed by atoms with Crippen molar-refractivity contribution in [2.45, 2.75) is 12.1 Å². The molecule has 0 aliphatic heterocycles. The fourth-order valence-electron chi connectivity index (χ4n) is 1.50. The van der Waals surface area contributed by atoms with Crippen molar-refractivity contribution >= 4 is 0 Å². The summed E-state index contributed by atoms with van der Waals surface area (Å²) in [4.78, 5) is 0. The van der Waals surface area contributed by atoms with Crippen molar-refractivity contribution in [1.82, 2.24) is 5.32 Å². The summed E-state index contributed by atoms with van der Waals surface area (Å²) in [6.07, 6.45) is -4.34. The lowest BCUT2D eigenvalue weighted by Gasteiger charge is -2.16. The van der Waals surface area contributed by atoms with E-state index in [2.05, 4.69) is 5.32 Å². The first-order valence-electron chi connectivity index (χ1n) is 4.91. The second-order valence-corrected chi connectivity index (χ2v) is 3.56. The van der Waals surface area contributed by atoms with Crippen LogP contribution in [0.5, 0.6) is 0 Å². The molecule has 0 saturated heterocycles. The molecule has 0 spiro atoms. The highest BCUT2D eigenvalue weighted by atomic mass is 19.4. The molecule has 0 aliphatic rings. The van der Waals surface area contributed by atoms with Crippen LogP contribution in [0.2, 0.25) is 0 Å². The van der Waals surface area contributed by atoms with E-state index in [1.807, 2.05) is 0 Å². The maximum atomic E-state index is 12.4. The quantitative estimate of drug-likeness (QED) is 0.833. The maximum Gasteiger partial charge on any atom is 0.416 e. The summed E-state index contributed by atoms with van der Waals surface area (Å²) >= 11 is 0. The first kappa shape index (κ1) is 13.0. The van der Waals surface area contributed by atoms with Gasteiger partial charge in [0, 0.05) is 12.5 Å². The number of hydrogen-bond acceptors (Lipinski definition) is 2. The van der Waals surface area contributed by atoms with Crippen molar-refractivity contribution in [3.63, 3.8) is 0 Å². The normalized spacial score (nSPS) is 13.8. The highest BCUT2D eigenvalue weighted by molar-refractivity contribution is 5.28. The minimum absolute atomic E-state index is 0.178. The number of aliphatic hydroxyl groups excluding tert-OH is 1. The number of alkyl halides is 3. The van der Waals surface area contributed by atoms with Gasteiger partial charge in [-0.2, -0.15) is 13.2 Å². The van der Waals surface area contributed by atoms with Crippen LogP contribution in [0.25, 0.3) is 0 Å². The zero-order chi connectivity index (χ0) is 12.2. The van der Waals surface area contributed by atoms with Gasteiger partial charge in [-0.05, 0) is 18.7 Å². The van der Waals surface area contributed by atoms with Crippen LogP contribution in [0.4, 0.5) is 13.2 Å². The van der Waals surface area contributed by atoms with Gasteiger partial charge in [-0.15, -0.1) is 0 Å². The molecule has 1 aromatic rings. The topological polar surface area (TPSA) is 32.3 Å². The molecule has 1 unspecified atom stereocenters. The fourth-order valence-corrected chi connectivity index (χ4v) is 1.50. The molecule has 0 aliphatic carbocycles. The third-order valence-electron chi connectivity index (χ3n) is 2.36. The molecule has 1 atom stereocenters. The van der Waals surface area contributed by atoms with Crippen LogP contribution in [-0.4, -0.2) is 25.3 Å². The minimum Gasteiger partial charge on any atom is -0.396 e. The smallest absolute Gasteiger partial charge is 0.396 e. The Labute approximate surface area is 92.1 Å². The highest BCUT2D eigenvalue weighted by Crippen LogP contribution is 2.30. The Morgan fingerprint density at radius 2 is 2.06 bits per heavy atom. The summed E-state index contributed by atoms with van der Waals surface area (Å²) in [5, 5.41) is 11.9. The molecular weight excluding hydrogens is 219 g/mol. The van der Waals surface area contributed by atoms with Crippen LogP contribution in [0, 0.1) is 0 Å². The van der Waals surface area contributed by atoms with Gasteiger partial charge < -0.3 is 10.4 Å². The molecule has 5 heteroatoms. The molecule has 2 nitrogen and oxygen atoms in total. The molecule has 0 fully saturated rings. The molecule has 90 valence electrons. The van der Waals surface area contributed by atoms with Gasteiger partial charge in [-0.3, -0.25) is 0 Å². The first-order chi connectivity index (χ1) is 7.49. The maximum absolute atomic E-state index is 12.4. The van der Waals surface area contributed by atoms with Gasteiger partial charge in [-0.25, -0.2) is 0 Å². The summed E-state index contributed by atoms with van der Waals surface area (Å²) < 4.78 is 37.3. The Balaban J connectivity index is 2.97. The Hall–Kier alpha value is -1.07. The van der Waals surface area contributed by atoms with E-state index in [9.17, 15) is 13.2 Å². The van der Waals surface area contributed by atoms with E-state index in [4.69, 9.17) is 5.11 Å². The first-order valence-corrected chi connectivity index (χ1v) is 4.91. The number of likely N-dealkylation sites (N-methyl/N-ethyl adjacent to an activating group) is 1. The third kappa shape index (κ3) is 3.21. The Bertz CT molecular complexity index is 338. The number of benzene rings is 1. The van der Waals surface area contributed by atoms with Gasteiger partial charge in [-0.1, -0.05) is 18.2 Å². The number of hydrogen-bond donors (Lipinski definition) is 2. The molecule has 0 radical (unpaired) electrons. The minimum atomic E-state index is -4.34. The van der Waals surface area contributed by atoms with E-state index in [0.29, 0.717) is 12.1 Å². The van der Waals surface area contributed by atoms with Gasteiger partial charge in [0.2, 0.25) is 0 Å². The zero-order valence-electron chi connectivity index (χ0n) is 8.88. The SMILES string of the molecule is CNCC(CO)c1cccc(C(F)(F)F)c1. The van der Waals surface area contributed by atoms with Gasteiger partial charge in [0.25, 0.3) is 0 Å². The van der Waals surface area contributed by atoms with Crippen molar-refractivity contribution in [3.05, 3.63) is 35.4 Å². The summed E-state index contributed by atoms with van der Waals surface area (Å²) in [5.74, 6) is -0.313. The summed E-state index contributed by atoms with van der Waals surface area (Å²) in [7, 11) is 1.69. The molecule has 0 bridgehead atoms. The second-order valence-electron chi connectivity index (χ2n) is 3.56. The Morgan fingerprint density at radius 3 is 2.56 bits per heavy atom. The monoisotopic (exact) mass is 233 g/mol. The van der Waals surface area contributed by atoms with Gasteiger partial charge >= 0.3 is 6.18 Å². The van der Waals surface area contributed by atoms with Gasteiger partial charge in [0.1, 0.15) is 0 Å². The van der Waals surface area contributed by atoms with E-state index >= 15 is 0 Å². The van der Waals surface area contributed by atoms with E-state index in [-0.39, 0.29) is 12.5 Å². The van der Waals surface area contributed by atoms with E-state index in [1.165, 1.54) is 6.07 Å². The molecule has 0 aromatic heterocycles. The fraction of sp³-hybridized carbons (Fsp3) is 0.455. The Kier molecular flexibility index (Phi) is 4.32. The lowest BCUT2D eigenvalue weighted by molar-refractivity contribution is -0.137. The lowest BCUT2D eigenvalue weighted by Crippen LogP contribution is -2.20. The molecule has 0 amide bonds. The number of rotatable bonds is 4.